The molecule has 0 aliphatic rings. The summed E-state index contributed by atoms with van der Waals surface area (Å²) in [4.78, 5) is 3.45. The van der Waals surface area contributed by atoms with E-state index in [4.69, 9.17) is 0 Å². The lowest BCUT2D eigenvalue weighted by molar-refractivity contribution is 0.320. The van der Waals surface area contributed by atoms with Crippen molar-refractivity contribution in [3.05, 3.63) is 54.8 Å². The molecule has 0 N–H and O–H groups in total. The van der Waals surface area contributed by atoms with Crippen molar-refractivity contribution in [3.8, 4) is 0 Å². The largest absolute Gasteiger partial charge is 0.297 e. The van der Waals surface area contributed by atoms with Crippen LogP contribution in [-0.2, 0) is 13.1 Å². The molecular weight excluding hydrogens is 381 g/mol. The molecule has 0 aliphatic carbocycles. The summed E-state index contributed by atoms with van der Waals surface area (Å²) in [5.74, 6) is -0.209. The van der Waals surface area contributed by atoms with Gasteiger partial charge in [-0.05, 0) is 56.6 Å². The van der Waals surface area contributed by atoms with Crippen LogP contribution in [0.1, 0.15) is 10.4 Å². The van der Waals surface area contributed by atoms with Crippen LogP contribution in [0.4, 0.5) is 4.39 Å². The average Bonchev–Trinajstić information content (AvgIpc) is 2.70. The van der Waals surface area contributed by atoms with E-state index in [1.165, 1.54) is 10.9 Å². The van der Waals surface area contributed by atoms with Crippen molar-refractivity contribution in [2.45, 2.75) is 13.1 Å². The monoisotopic (exact) mass is 391 g/mol. The van der Waals surface area contributed by atoms with Crippen molar-refractivity contribution in [2.75, 3.05) is 7.05 Å². The summed E-state index contributed by atoms with van der Waals surface area (Å²) in [6, 6.07) is 7.25. The Bertz CT molecular complexity index is 542. The van der Waals surface area contributed by atoms with Crippen molar-refractivity contribution < 1.29 is 4.39 Å². The van der Waals surface area contributed by atoms with E-state index < -0.39 is 0 Å². The SMILES string of the molecule is CN(Cc1cc(Br)cs1)Cc1cccc(F)c1Br. The minimum Gasteiger partial charge on any atom is -0.297 e. The normalized spacial score (nSPS) is 11.2. The summed E-state index contributed by atoms with van der Waals surface area (Å²) in [5, 5.41) is 2.07. The van der Waals surface area contributed by atoms with Gasteiger partial charge in [0, 0.05) is 27.8 Å². The summed E-state index contributed by atoms with van der Waals surface area (Å²) in [6.45, 7) is 1.58. The molecule has 0 atom stereocenters. The van der Waals surface area contributed by atoms with Gasteiger partial charge in [0.25, 0.3) is 0 Å². The molecule has 0 amide bonds. The number of hydrogen-bond acceptors (Lipinski definition) is 2. The molecular formula is C13H12Br2FNS. The Kier molecular flexibility index (Phi) is 4.95. The van der Waals surface area contributed by atoms with E-state index in [2.05, 4.69) is 48.2 Å². The van der Waals surface area contributed by atoms with Gasteiger partial charge in [0.1, 0.15) is 5.82 Å². The summed E-state index contributed by atoms with van der Waals surface area (Å²) in [7, 11) is 2.03. The first-order valence-electron chi connectivity index (χ1n) is 5.40. The number of halogens is 3. The van der Waals surface area contributed by atoms with E-state index in [0.29, 0.717) is 11.0 Å². The zero-order chi connectivity index (χ0) is 13.1. The van der Waals surface area contributed by atoms with Gasteiger partial charge in [0.2, 0.25) is 0 Å². The van der Waals surface area contributed by atoms with E-state index in [9.17, 15) is 4.39 Å². The second-order valence-electron chi connectivity index (χ2n) is 4.12. The molecule has 0 spiro atoms. The molecule has 2 rings (SSSR count). The molecule has 0 aliphatic heterocycles. The fraction of sp³-hybridized carbons (Fsp3) is 0.231. The molecule has 96 valence electrons. The molecule has 0 unspecified atom stereocenters. The molecule has 1 aromatic heterocycles. The number of hydrogen-bond donors (Lipinski definition) is 0. The van der Waals surface area contributed by atoms with Crippen LogP contribution in [0.15, 0.2) is 38.6 Å². The van der Waals surface area contributed by atoms with Crippen LogP contribution < -0.4 is 0 Å². The van der Waals surface area contributed by atoms with E-state index in [-0.39, 0.29) is 5.82 Å². The molecule has 1 nitrogen and oxygen atoms in total. The molecule has 1 heterocycles. The smallest absolute Gasteiger partial charge is 0.137 e. The van der Waals surface area contributed by atoms with Crippen molar-refractivity contribution in [2.24, 2.45) is 0 Å². The van der Waals surface area contributed by atoms with E-state index in [1.54, 1.807) is 17.4 Å². The number of nitrogens with zero attached hydrogens (tertiary/aromatic N) is 1. The molecule has 0 bridgehead atoms. The average molecular weight is 393 g/mol. The van der Waals surface area contributed by atoms with Gasteiger partial charge in [-0.2, -0.15) is 0 Å². The molecule has 18 heavy (non-hydrogen) atoms. The van der Waals surface area contributed by atoms with Crippen LogP contribution in [-0.4, -0.2) is 11.9 Å². The fourth-order valence-electron chi connectivity index (χ4n) is 1.72. The van der Waals surface area contributed by atoms with Crippen LogP contribution >= 0.6 is 43.2 Å². The van der Waals surface area contributed by atoms with Gasteiger partial charge in [-0.15, -0.1) is 11.3 Å². The van der Waals surface area contributed by atoms with Gasteiger partial charge >= 0.3 is 0 Å². The van der Waals surface area contributed by atoms with Crippen molar-refractivity contribution >= 4 is 43.2 Å². The van der Waals surface area contributed by atoms with Gasteiger partial charge in [-0.3, -0.25) is 4.90 Å². The standard InChI is InChI=1S/C13H12Br2FNS/c1-17(7-11-5-10(14)8-18-11)6-9-3-2-4-12(16)13(9)15/h2-5,8H,6-7H2,1H3. The van der Waals surface area contributed by atoms with Crippen LogP contribution in [0.2, 0.25) is 0 Å². The molecule has 0 fully saturated rings. The predicted molar refractivity (Wildman–Crippen MR) is 81.3 cm³/mol. The molecule has 0 radical (unpaired) electrons. The lowest BCUT2D eigenvalue weighted by atomic mass is 10.2. The summed E-state index contributed by atoms with van der Waals surface area (Å²) < 4.78 is 15.1. The lowest BCUT2D eigenvalue weighted by Gasteiger charge is -2.16. The van der Waals surface area contributed by atoms with E-state index in [1.807, 2.05) is 13.1 Å². The predicted octanol–water partition coefficient (Wildman–Crippen LogP) is 5.04. The quantitative estimate of drug-likeness (QED) is 0.704. The number of thiophene rings is 1. The highest BCUT2D eigenvalue weighted by atomic mass is 79.9. The summed E-state index contributed by atoms with van der Waals surface area (Å²) in [6.07, 6.45) is 0. The minimum atomic E-state index is -0.209. The van der Waals surface area contributed by atoms with E-state index >= 15 is 0 Å². The van der Waals surface area contributed by atoms with E-state index in [0.717, 1.165) is 16.6 Å². The molecule has 2 aromatic rings. The first kappa shape index (κ1) is 14.2. The second kappa shape index (κ2) is 6.28. The Labute approximate surface area is 127 Å². The van der Waals surface area contributed by atoms with Crippen molar-refractivity contribution in [3.63, 3.8) is 0 Å². The number of rotatable bonds is 4. The molecule has 0 saturated heterocycles. The van der Waals surface area contributed by atoms with Crippen molar-refractivity contribution in [1.82, 2.24) is 4.90 Å². The van der Waals surface area contributed by atoms with Gasteiger partial charge in [-0.1, -0.05) is 12.1 Å². The topological polar surface area (TPSA) is 3.24 Å². The Morgan fingerprint density at radius 3 is 2.72 bits per heavy atom. The Balaban J connectivity index is 2.03. The van der Waals surface area contributed by atoms with Gasteiger partial charge < -0.3 is 0 Å². The maximum absolute atomic E-state index is 13.4. The maximum Gasteiger partial charge on any atom is 0.137 e. The fourth-order valence-corrected chi connectivity index (χ4v) is 3.64. The zero-order valence-electron chi connectivity index (χ0n) is 9.79. The molecule has 5 heteroatoms. The van der Waals surface area contributed by atoms with Gasteiger partial charge in [0.15, 0.2) is 0 Å². The van der Waals surface area contributed by atoms with Crippen molar-refractivity contribution in [1.29, 1.82) is 0 Å². The Morgan fingerprint density at radius 1 is 1.28 bits per heavy atom. The van der Waals surface area contributed by atoms with Gasteiger partial charge in [0.05, 0.1) is 4.47 Å². The third kappa shape index (κ3) is 3.63. The highest BCUT2D eigenvalue weighted by molar-refractivity contribution is 9.10. The Morgan fingerprint density at radius 2 is 2.06 bits per heavy atom. The van der Waals surface area contributed by atoms with Crippen LogP contribution in [0.25, 0.3) is 0 Å². The summed E-state index contributed by atoms with van der Waals surface area (Å²) in [5.41, 5.74) is 0.966. The molecule has 0 saturated carbocycles. The molecule has 1 aromatic carbocycles. The first-order valence-corrected chi connectivity index (χ1v) is 7.87. The first-order chi connectivity index (χ1) is 8.56. The maximum atomic E-state index is 13.4. The summed E-state index contributed by atoms with van der Waals surface area (Å²) >= 11 is 8.46. The van der Waals surface area contributed by atoms with Crippen LogP contribution in [0, 0.1) is 5.82 Å². The highest BCUT2D eigenvalue weighted by Crippen LogP contribution is 2.24. The third-order valence-electron chi connectivity index (χ3n) is 2.52. The Hall–Kier alpha value is -0.230. The van der Waals surface area contributed by atoms with Gasteiger partial charge in [-0.25, -0.2) is 4.39 Å². The minimum absolute atomic E-state index is 0.209. The second-order valence-corrected chi connectivity index (χ2v) is 6.82. The zero-order valence-corrected chi connectivity index (χ0v) is 13.8. The highest BCUT2D eigenvalue weighted by Gasteiger charge is 2.09. The third-order valence-corrected chi connectivity index (χ3v) is 5.09. The number of benzene rings is 1. The van der Waals surface area contributed by atoms with Crippen LogP contribution in [0.3, 0.4) is 0 Å². The van der Waals surface area contributed by atoms with Crippen LogP contribution in [0.5, 0.6) is 0 Å². The lowest BCUT2D eigenvalue weighted by Crippen LogP contribution is -2.17.